The first-order chi connectivity index (χ1) is 15.1. The molecule has 3 aliphatic rings. The highest BCUT2D eigenvalue weighted by atomic mass is 35.5. The summed E-state index contributed by atoms with van der Waals surface area (Å²) in [6.45, 7) is 2.00. The summed E-state index contributed by atoms with van der Waals surface area (Å²) < 4.78 is 6.43. The molecule has 1 N–H and O–H groups in total. The monoisotopic (exact) mass is 458 g/mol. The number of rotatable bonds is 6. The molecule has 1 aliphatic heterocycles. The zero-order valence-electron chi connectivity index (χ0n) is 17.5. The molecule has 4 unspecified atom stereocenters. The average molecular weight is 459 g/mol. The van der Waals surface area contributed by atoms with Crippen LogP contribution in [0.15, 0.2) is 48.5 Å². The SMILES string of the molecule is O=C(NCC1CC2CCC1C2)N1CC(OC(c2ccc(Cl)cc2)c2ccccc2Cl)C1. The van der Waals surface area contributed by atoms with Crippen molar-refractivity contribution in [3.05, 3.63) is 69.7 Å². The molecular formula is C25H28Cl2N2O2. The number of benzene rings is 2. The lowest BCUT2D eigenvalue weighted by Crippen LogP contribution is -2.58. The Morgan fingerprint density at radius 1 is 1.06 bits per heavy atom. The number of ether oxygens (including phenoxy) is 1. The van der Waals surface area contributed by atoms with E-state index < -0.39 is 0 Å². The fourth-order valence-corrected chi connectivity index (χ4v) is 5.86. The van der Waals surface area contributed by atoms with E-state index in [9.17, 15) is 4.79 Å². The number of carbonyl (C=O) groups excluding carboxylic acids is 1. The van der Waals surface area contributed by atoms with Gasteiger partial charge < -0.3 is 15.0 Å². The van der Waals surface area contributed by atoms with Crippen LogP contribution in [-0.2, 0) is 4.74 Å². The number of urea groups is 1. The summed E-state index contributed by atoms with van der Waals surface area (Å²) in [5.41, 5.74) is 1.92. The maximum Gasteiger partial charge on any atom is 0.317 e. The summed E-state index contributed by atoms with van der Waals surface area (Å²) in [5.74, 6) is 2.40. The summed E-state index contributed by atoms with van der Waals surface area (Å²) in [5, 5.41) is 4.51. The predicted octanol–water partition coefficient (Wildman–Crippen LogP) is 5.93. The molecule has 3 fully saturated rings. The zero-order valence-corrected chi connectivity index (χ0v) is 19.0. The molecule has 4 atom stereocenters. The normalized spacial score (nSPS) is 26.0. The maximum atomic E-state index is 12.6. The number of carbonyl (C=O) groups is 1. The Bertz CT molecular complexity index is 929. The first kappa shape index (κ1) is 21.1. The first-order valence-electron chi connectivity index (χ1n) is 11.2. The van der Waals surface area contributed by atoms with Gasteiger partial charge in [-0.05, 0) is 60.8 Å². The van der Waals surface area contributed by atoms with Gasteiger partial charge in [0.25, 0.3) is 0 Å². The van der Waals surface area contributed by atoms with Gasteiger partial charge >= 0.3 is 6.03 Å². The molecule has 4 nitrogen and oxygen atoms in total. The van der Waals surface area contributed by atoms with Crippen molar-refractivity contribution in [2.75, 3.05) is 19.6 Å². The van der Waals surface area contributed by atoms with Gasteiger partial charge in [0, 0.05) is 22.2 Å². The topological polar surface area (TPSA) is 41.6 Å². The number of nitrogens with zero attached hydrogens (tertiary/aromatic N) is 1. The van der Waals surface area contributed by atoms with E-state index in [2.05, 4.69) is 5.32 Å². The third-order valence-corrected chi connectivity index (χ3v) is 7.82. The second kappa shape index (κ2) is 9.01. The summed E-state index contributed by atoms with van der Waals surface area (Å²) in [6, 6.07) is 15.4. The largest absolute Gasteiger partial charge is 0.362 e. The van der Waals surface area contributed by atoms with Crippen molar-refractivity contribution >= 4 is 29.2 Å². The number of likely N-dealkylation sites (tertiary alicyclic amines) is 1. The molecule has 1 heterocycles. The second-order valence-electron chi connectivity index (χ2n) is 9.24. The highest BCUT2D eigenvalue weighted by Gasteiger charge is 2.40. The van der Waals surface area contributed by atoms with Crippen LogP contribution in [-0.4, -0.2) is 36.7 Å². The minimum absolute atomic E-state index is 0.0230. The molecule has 6 heteroatoms. The number of hydrogen-bond donors (Lipinski definition) is 1. The lowest BCUT2D eigenvalue weighted by molar-refractivity contribution is -0.0646. The molecule has 5 rings (SSSR count). The highest BCUT2D eigenvalue weighted by molar-refractivity contribution is 6.31. The molecule has 2 aromatic rings. The Balaban J connectivity index is 1.18. The van der Waals surface area contributed by atoms with Crippen molar-refractivity contribution in [3.63, 3.8) is 0 Å². The van der Waals surface area contributed by atoms with Gasteiger partial charge in [-0.3, -0.25) is 0 Å². The van der Waals surface area contributed by atoms with Gasteiger partial charge in [-0.15, -0.1) is 0 Å². The van der Waals surface area contributed by atoms with Crippen molar-refractivity contribution in [3.8, 4) is 0 Å². The minimum Gasteiger partial charge on any atom is -0.362 e. The van der Waals surface area contributed by atoms with Crippen LogP contribution in [0.1, 0.15) is 42.9 Å². The molecular weight excluding hydrogens is 431 g/mol. The van der Waals surface area contributed by atoms with Gasteiger partial charge in [-0.1, -0.05) is 60.0 Å². The van der Waals surface area contributed by atoms with Gasteiger partial charge in [-0.25, -0.2) is 4.79 Å². The second-order valence-corrected chi connectivity index (χ2v) is 10.1. The highest BCUT2D eigenvalue weighted by Crippen LogP contribution is 2.48. The molecule has 2 aliphatic carbocycles. The van der Waals surface area contributed by atoms with Gasteiger partial charge in [0.05, 0.1) is 19.2 Å². The van der Waals surface area contributed by atoms with E-state index in [1.165, 1.54) is 25.7 Å². The van der Waals surface area contributed by atoms with Crippen molar-refractivity contribution in [1.29, 1.82) is 0 Å². The maximum absolute atomic E-state index is 12.6. The van der Waals surface area contributed by atoms with Crippen LogP contribution in [0, 0.1) is 17.8 Å². The predicted molar refractivity (Wildman–Crippen MR) is 124 cm³/mol. The Morgan fingerprint density at radius 3 is 2.52 bits per heavy atom. The van der Waals surface area contributed by atoms with Crippen molar-refractivity contribution in [2.24, 2.45) is 17.8 Å². The molecule has 1 saturated heterocycles. The first-order valence-corrected chi connectivity index (χ1v) is 12.0. The number of nitrogens with one attached hydrogen (secondary N) is 1. The quantitative estimate of drug-likeness (QED) is 0.582. The van der Waals surface area contributed by atoms with Crippen molar-refractivity contribution in [2.45, 2.75) is 37.9 Å². The zero-order chi connectivity index (χ0) is 21.4. The van der Waals surface area contributed by atoms with Crippen molar-refractivity contribution in [1.82, 2.24) is 10.2 Å². The number of amides is 2. The number of halogens is 2. The number of fused-ring (bicyclic) bond motifs is 2. The van der Waals surface area contributed by atoms with Crippen LogP contribution in [0.5, 0.6) is 0 Å². The lowest BCUT2D eigenvalue weighted by atomic mass is 9.89. The summed E-state index contributed by atoms with van der Waals surface area (Å²) >= 11 is 12.5. The fourth-order valence-electron chi connectivity index (χ4n) is 5.50. The van der Waals surface area contributed by atoms with Gasteiger partial charge in [0.1, 0.15) is 6.10 Å². The fraction of sp³-hybridized carbons (Fsp3) is 0.480. The van der Waals surface area contributed by atoms with Crippen LogP contribution in [0.4, 0.5) is 4.79 Å². The molecule has 2 saturated carbocycles. The molecule has 2 amide bonds. The van der Waals surface area contributed by atoms with E-state index in [0.717, 1.165) is 29.5 Å². The molecule has 31 heavy (non-hydrogen) atoms. The van der Waals surface area contributed by atoms with Crippen LogP contribution in [0.3, 0.4) is 0 Å². The summed E-state index contributed by atoms with van der Waals surface area (Å²) in [4.78, 5) is 14.4. The van der Waals surface area contributed by atoms with E-state index in [1.54, 1.807) is 0 Å². The van der Waals surface area contributed by atoms with E-state index in [0.29, 0.717) is 29.1 Å². The van der Waals surface area contributed by atoms with Gasteiger partial charge in [-0.2, -0.15) is 0 Å². The summed E-state index contributed by atoms with van der Waals surface area (Å²) in [7, 11) is 0. The standard InChI is InChI=1S/C25H28Cl2N2O2/c26-20-9-7-17(8-10-20)24(22-3-1-2-4-23(22)27)31-21-14-29(15-21)25(30)28-13-19-12-16-5-6-18(19)11-16/h1-4,7-10,16,18-19,21,24H,5-6,11-15H2,(H,28,30). The average Bonchev–Trinajstić information content (AvgIpc) is 3.36. The molecule has 0 radical (unpaired) electrons. The summed E-state index contributed by atoms with van der Waals surface area (Å²) in [6.07, 6.45) is 5.07. The van der Waals surface area contributed by atoms with Crippen LogP contribution >= 0.6 is 23.2 Å². The Kier molecular flexibility index (Phi) is 6.14. The third-order valence-electron chi connectivity index (χ3n) is 7.22. The molecule has 0 spiro atoms. The molecule has 0 aromatic heterocycles. The van der Waals surface area contributed by atoms with E-state index >= 15 is 0 Å². The molecule has 2 bridgehead atoms. The Hall–Kier alpha value is -1.75. The van der Waals surface area contributed by atoms with Gasteiger partial charge in [0.15, 0.2) is 0 Å². The number of hydrogen-bond acceptors (Lipinski definition) is 2. The smallest absolute Gasteiger partial charge is 0.317 e. The van der Waals surface area contributed by atoms with Crippen LogP contribution in [0.2, 0.25) is 10.0 Å². The Morgan fingerprint density at radius 2 is 1.84 bits per heavy atom. The lowest BCUT2D eigenvalue weighted by Gasteiger charge is -2.41. The van der Waals surface area contributed by atoms with Crippen LogP contribution in [0.25, 0.3) is 0 Å². The minimum atomic E-state index is -0.296. The van der Waals surface area contributed by atoms with Crippen LogP contribution < -0.4 is 5.32 Å². The molecule has 164 valence electrons. The van der Waals surface area contributed by atoms with E-state index in [1.807, 2.05) is 53.4 Å². The third kappa shape index (κ3) is 4.57. The van der Waals surface area contributed by atoms with E-state index in [-0.39, 0.29) is 18.2 Å². The molecule has 2 aromatic carbocycles. The van der Waals surface area contributed by atoms with Gasteiger partial charge in [0.2, 0.25) is 0 Å². The van der Waals surface area contributed by atoms with Crippen molar-refractivity contribution < 1.29 is 9.53 Å². The Labute approximate surface area is 193 Å². The van der Waals surface area contributed by atoms with E-state index in [4.69, 9.17) is 27.9 Å².